The Morgan fingerprint density at radius 1 is 1.53 bits per heavy atom. The van der Waals surface area contributed by atoms with Crippen LogP contribution >= 0.6 is 27.5 Å². The van der Waals surface area contributed by atoms with Crippen molar-refractivity contribution in [3.05, 3.63) is 33.3 Å². The molecule has 0 aliphatic rings. The van der Waals surface area contributed by atoms with Crippen LogP contribution in [0.1, 0.15) is 24.2 Å². The number of hydrogen-bond donors (Lipinski definition) is 0. The maximum absolute atomic E-state index is 11.7. The fourth-order valence-corrected chi connectivity index (χ4v) is 1.67. The minimum atomic E-state index is -0.0712. The van der Waals surface area contributed by atoms with Gasteiger partial charge in [-0.25, -0.2) is 0 Å². The summed E-state index contributed by atoms with van der Waals surface area (Å²) in [6.45, 7) is 3.86. The van der Waals surface area contributed by atoms with Gasteiger partial charge in [-0.3, -0.25) is 4.79 Å². The van der Waals surface area contributed by atoms with Crippen molar-refractivity contribution in [3.63, 3.8) is 0 Å². The smallest absolute Gasteiger partial charge is 0.189 e. The molecule has 0 spiro atoms. The molecule has 0 radical (unpaired) electrons. The summed E-state index contributed by atoms with van der Waals surface area (Å²) in [5.74, 6) is -0.0712. The molecule has 0 atom stereocenters. The summed E-state index contributed by atoms with van der Waals surface area (Å²) in [5, 5.41) is 0.547. The van der Waals surface area contributed by atoms with Crippen molar-refractivity contribution in [2.24, 2.45) is 0 Å². The molecule has 4 heteroatoms. The maximum atomic E-state index is 11.7. The second-order valence-corrected chi connectivity index (χ2v) is 4.70. The van der Waals surface area contributed by atoms with Gasteiger partial charge in [0.1, 0.15) is 6.61 Å². The number of hydrogen-bond acceptors (Lipinski definition) is 2. The predicted octanol–water partition coefficient (Wildman–Crippen LogP) is 3.71. The van der Waals surface area contributed by atoms with E-state index < -0.39 is 0 Å². The second-order valence-electron chi connectivity index (χ2n) is 3.41. The van der Waals surface area contributed by atoms with E-state index in [-0.39, 0.29) is 18.5 Å². The molecule has 0 amide bonds. The van der Waals surface area contributed by atoms with Crippen LogP contribution in [0.4, 0.5) is 0 Å². The average molecular weight is 292 g/mol. The van der Waals surface area contributed by atoms with Gasteiger partial charge in [0.15, 0.2) is 5.78 Å². The van der Waals surface area contributed by atoms with Gasteiger partial charge in [-0.1, -0.05) is 27.5 Å². The SMILES string of the molecule is CC(C)OCC(=O)c1cc(Cl)ccc1Br. The number of carbonyl (C=O) groups excluding carboxylic acids is 1. The molecular weight excluding hydrogens is 279 g/mol. The fourth-order valence-electron chi connectivity index (χ4n) is 1.03. The highest BCUT2D eigenvalue weighted by Gasteiger charge is 2.11. The lowest BCUT2D eigenvalue weighted by molar-refractivity contribution is 0.0584. The van der Waals surface area contributed by atoms with Gasteiger partial charge in [-0.15, -0.1) is 0 Å². The molecule has 1 aromatic rings. The molecule has 0 saturated carbocycles. The van der Waals surface area contributed by atoms with Crippen molar-refractivity contribution in [2.45, 2.75) is 20.0 Å². The van der Waals surface area contributed by atoms with Crippen LogP contribution in [0.3, 0.4) is 0 Å². The molecule has 0 aromatic heterocycles. The zero-order chi connectivity index (χ0) is 11.4. The van der Waals surface area contributed by atoms with E-state index in [4.69, 9.17) is 16.3 Å². The van der Waals surface area contributed by atoms with E-state index in [9.17, 15) is 4.79 Å². The Balaban J connectivity index is 2.77. The summed E-state index contributed by atoms with van der Waals surface area (Å²) in [4.78, 5) is 11.7. The third kappa shape index (κ3) is 3.93. The Hall–Kier alpha value is -0.380. The van der Waals surface area contributed by atoms with E-state index in [2.05, 4.69) is 15.9 Å². The Labute approximate surface area is 103 Å². The van der Waals surface area contributed by atoms with Crippen molar-refractivity contribution in [3.8, 4) is 0 Å². The molecule has 2 nitrogen and oxygen atoms in total. The number of ether oxygens (including phenoxy) is 1. The highest BCUT2D eigenvalue weighted by Crippen LogP contribution is 2.21. The van der Waals surface area contributed by atoms with Crippen LogP contribution in [0, 0.1) is 0 Å². The Morgan fingerprint density at radius 3 is 2.80 bits per heavy atom. The minimum absolute atomic E-state index is 0.0481. The molecule has 0 fully saturated rings. The molecule has 0 N–H and O–H groups in total. The molecule has 0 unspecified atom stereocenters. The third-order valence-corrected chi connectivity index (χ3v) is 2.70. The lowest BCUT2D eigenvalue weighted by atomic mass is 10.1. The van der Waals surface area contributed by atoms with Gasteiger partial charge in [-0.2, -0.15) is 0 Å². The van der Waals surface area contributed by atoms with Gasteiger partial charge < -0.3 is 4.74 Å². The van der Waals surface area contributed by atoms with Crippen LogP contribution < -0.4 is 0 Å². The van der Waals surface area contributed by atoms with Crippen molar-refractivity contribution < 1.29 is 9.53 Å². The second kappa shape index (κ2) is 5.64. The highest BCUT2D eigenvalue weighted by molar-refractivity contribution is 9.10. The third-order valence-electron chi connectivity index (χ3n) is 1.78. The highest BCUT2D eigenvalue weighted by atomic mass is 79.9. The summed E-state index contributed by atoms with van der Waals surface area (Å²) in [6, 6.07) is 5.12. The summed E-state index contributed by atoms with van der Waals surface area (Å²) < 4.78 is 5.98. The number of halogens is 2. The number of carbonyl (C=O) groups is 1. The van der Waals surface area contributed by atoms with Crippen molar-refractivity contribution >= 4 is 33.3 Å². The normalized spacial score (nSPS) is 10.7. The summed E-state index contributed by atoms with van der Waals surface area (Å²) >= 11 is 9.11. The van der Waals surface area contributed by atoms with Gasteiger partial charge in [0.2, 0.25) is 0 Å². The minimum Gasteiger partial charge on any atom is -0.371 e. The number of rotatable bonds is 4. The van der Waals surface area contributed by atoms with Crippen molar-refractivity contribution in [1.82, 2.24) is 0 Å². The number of benzene rings is 1. The first kappa shape index (κ1) is 12.7. The molecule has 1 rings (SSSR count). The van der Waals surface area contributed by atoms with E-state index in [0.717, 1.165) is 4.47 Å². The van der Waals surface area contributed by atoms with Gasteiger partial charge in [-0.05, 0) is 32.0 Å². The van der Waals surface area contributed by atoms with Crippen molar-refractivity contribution in [2.75, 3.05) is 6.61 Å². The standard InChI is InChI=1S/C11H12BrClO2/c1-7(2)15-6-11(14)9-5-8(13)3-4-10(9)12/h3-5,7H,6H2,1-2H3. The molecule has 0 aliphatic carbocycles. The van der Waals surface area contributed by atoms with Crippen LogP contribution in [0.2, 0.25) is 5.02 Å². The molecule has 0 saturated heterocycles. The summed E-state index contributed by atoms with van der Waals surface area (Å²) in [7, 11) is 0. The topological polar surface area (TPSA) is 26.3 Å². The molecule has 0 bridgehead atoms. The summed E-state index contributed by atoms with van der Waals surface area (Å²) in [6.07, 6.45) is 0.0481. The first-order valence-corrected chi connectivity index (χ1v) is 5.77. The fraction of sp³-hybridized carbons (Fsp3) is 0.364. The molecular formula is C11H12BrClO2. The van der Waals surface area contributed by atoms with Gasteiger partial charge in [0, 0.05) is 15.1 Å². The van der Waals surface area contributed by atoms with Crippen LogP contribution in [0.15, 0.2) is 22.7 Å². The van der Waals surface area contributed by atoms with Gasteiger partial charge >= 0.3 is 0 Å². The van der Waals surface area contributed by atoms with Gasteiger partial charge in [0.25, 0.3) is 0 Å². The lowest BCUT2D eigenvalue weighted by Gasteiger charge is -2.08. The largest absolute Gasteiger partial charge is 0.371 e. The average Bonchev–Trinajstić information content (AvgIpc) is 2.18. The maximum Gasteiger partial charge on any atom is 0.189 e. The molecule has 1 aromatic carbocycles. The molecule has 0 aliphatic heterocycles. The molecule has 82 valence electrons. The van der Waals surface area contributed by atoms with Crippen LogP contribution in [0.25, 0.3) is 0 Å². The molecule has 15 heavy (non-hydrogen) atoms. The first-order valence-electron chi connectivity index (χ1n) is 4.60. The monoisotopic (exact) mass is 290 g/mol. The quantitative estimate of drug-likeness (QED) is 0.791. The number of ketones is 1. The zero-order valence-corrected chi connectivity index (χ0v) is 10.9. The van der Waals surface area contributed by atoms with Gasteiger partial charge in [0.05, 0.1) is 6.10 Å². The lowest BCUT2D eigenvalue weighted by Crippen LogP contribution is -2.13. The predicted molar refractivity (Wildman–Crippen MR) is 64.6 cm³/mol. The Kier molecular flexibility index (Phi) is 4.77. The van der Waals surface area contributed by atoms with Crippen LogP contribution in [-0.2, 0) is 4.74 Å². The van der Waals surface area contributed by atoms with E-state index in [1.165, 1.54) is 0 Å². The van der Waals surface area contributed by atoms with Crippen LogP contribution in [0.5, 0.6) is 0 Å². The number of Topliss-reactive ketones (excluding diaryl/α,β-unsaturated/α-hetero) is 1. The Morgan fingerprint density at radius 2 is 2.20 bits per heavy atom. The zero-order valence-electron chi connectivity index (χ0n) is 8.59. The van der Waals surface area contributed by atoms with E-state index in [1.807, 2.05) is 13.8 Å². The van der Waals surface area contributed by atoms with E-state index in [1.54, 1.807) is 18.2 Å². The molecule has 0 heterocycles. The summed E-state index contributed by atoms with van der Waals surface area (Å²) in [5.41, 5.74) is 0.558. The first-order chi connectivity index (χ1) is 7.00. The van der Waals surface area contributed by atoms with E-state index in [0.29, 0.717) is 10.6 Å². The van der Waals surface area contributed by atoms with Crippen LogP contribution in [-0.4, -0.2) is 18.5 Å². The van der Waals surface area contributed by atoms with Crippen molar-refractivity contribution in [1.29, 1.82) is 0 Å². The van der Waals surface area contributed by atoms with E-state index >= 15 is 0 Å². The Bertz CT molecular complexity index is 364.